The monoisotopic (exact) mass is 1730 g/mol. The lowest BCUT2D eigenvalue weighted by Gasteiger charge is -2.13. The van der Waals surface area contributed by atoms with Gasteiger partial charge in [0.25, 0.3) is 45.2 Å². The van der Waals surface area contributed by atoms with Gasteiger partial charge in [-0.1, -0.05) is 132 Å². The topological polar surface area (TPSA) is 359 Å². The van der Waals surface area contributed by atoms with Gasteiger partial charge in [0.15, 0.2) is 0 Å². The number of imide groups is 2. The number of H-pyrrole nitrogens is 4. The van der Waals surface area contributed by atoms with Gasteiger partial charge < -0.3 is 38.9 Å². The van der Waals surface area contributed by atoms with Gasteiger partial charge in [0.2, 0.25) is 0 Å². The molecule has 6 N–H and O–H groups in total. The van der Waals surface area contributed by atoms with Crippen molar-refractivity contribution in [2.75, 3.05) is 26.4 Å². The number of benzene rings is 8. The number of unbranched alkanes of at least 4 members (excludes halogenated alkanes) is 3. The molecule has 8 heterocycles. The van der Waals surface area contributed by atoms with Gasteiger partial charge in [0, 0.05) is 83.4 Å². The third-order valence-corrected chi connectivity index (χ3v) is 20.5. The first-order chi connectivity index (χ1) is 62.4. The SMILES string of the molecule is C=c1[nH]c(=O)c(=Cc2cn(-c3ccccc3)nc2-c2ccc(OCCCC)cc2)c(=O)[nH]1.C=c1[nH]c(=O)c(=Cc2cn(-c3ccccc3)nc2-c2ccc(OCCCC)cc2)c(=O)[nH]1.C=c1n(C)c(=O)c(=Cc2cn(-c3ccccc3)nc2-c2ccc(OCCCC)cc2)c(=O)n1C.CCOc1ccc(-c2nn(-c3ccc(C)cc3)cc2C=C2C(=O)NC(=O)NC2=O)cc1. The van der Waals surface area contributed by atoms with Crippen LogP contribution in [0.1, 0.15) is 94.0 Å². The van der Waals surface area contributed by atoms with Gasteiger partial charge in [-0.3, -0.25) is 58.1 Å². The Morgan fingerprint density at radius 3 is 0.915 bits per heavy atom. The molecule has 1 saturated heterocycles. The van der Waals surface area contributed by atoms with Gasteiger partial charge in [0.05, 0.1) is 72.0 Å². The van der Waals surface area contributed by atoms with Crippen molar-refractivity contribution < 1.29 is 33.3 Å². The number of urea groups is 1. The van der Waals surface area contributed by atoms with E-state index in [9.17, 15) is 43.2 Å². The van der Waals surface area contributed by atoms with E-state index in [0.717, 1.165) is 112 Å². The smallest absolute Gasteiger partial charge is 0.328 e. The van der Waals surface area contributed by atoms with Crippen molar-refractivity contribution >= 4 is 61.9 Å². The summed E-state index contributed by atoms with van der Waals surface area (Å²) in [5.74, 6) is 1.58. The van der Waals surface area contributed by atoms with Crippen LogP contribution in [0.4, 0.5) is 4.79 Å². The molecule has 0 bridgehead atoms. The minimum absolute atomic E-state index is 0.00854. The number of rotatable bonds is 26. The second-order valence-electron chi connectivity index (χ2n) is 29.9. The predicted octanol–water partition coefficient (Wildman–Crippen LogP) is 10.0. The van der Waals surface area contributed by atoms with Crippen molar-refractivity contribution in [1.29, 1.82) is 0 Å². The summed E-state index contributed by atoms with van der Waals surface area (Å²) >= 11 is 0. The molecule has 16 rings (SSSR count). The number of barbiturate groups is 1. The van der Waals surface area contributed by atoms with Gasteiger partial charge >= 0.3 is 6.03 Å². The molecule has 129 heavy (non-hydrogen) atoms. The molecular formula is C100H96N16O13. The highest BCUT2D eigenvalue weighted by Gasteiger charge is 2.29. The van der Waals surface area contributed by atoms with Crippen LogP contribution < -0.4 is 95.0 Å². The highest BCUT2D eigenvalue weighted by molar-refractivity contribution is 6.31. The zero-order valence-electron chi connectivity index (χ0n) is 72.3. The van der Waals surface area contributed by atoms with E-state index < -0.39 is 51.2 Å². The van der Waals surface area contributed by atoms with Crippen LogP contribution in [0.5, 0.6) is 23.0 Å². The summed E-state index contributed by atoms with van der Waals surface area (Å²) in [6.45, 7) is 23.8. The van der Waals surface area contributed by atoms with Crippen LogP contribution in [0.2, 0.25) is 0 Å². The summed E-state index contributed by atoms with van der Waals surface area (Å²) in [4.78, 5) is 121. The second kappa shape index (κ2) is 42.2. The first kappa shape index (κ1) is 90.1. The summed E-state index contributed by atoms with van der Waals surface area (Å²) in [6, 6.07) is 66.3. The number of para-hydroxylation sites is 3. The molecule has 1 fully saturated rings. The zero-order valence-corrected chi connectivity index (χ0v) is 72.3. The number of aromatic nitrogens is 14. The number of ether oxygens (including phenoxy) is 4. The molecule has 1 aliphatic rings. The van der Waals surface area contributed by atoms with Crippen LogP contribution in [-0.2, 0) is 23.7 Å². The van der Waals surface area contributed by atoms with E-state index in [1.54, 1.807) is 69.6 Å². The fraction of sp³-hybridized carbons (Fsp3) is 0.170. The molecule has 15 aromatic rings. The minimum Gasteiger partial charge on any atom is -0.494 e. The summed E-state index contributed by atoms with van der Waals surface area (Å²) < 4.78 is 32.4. The average Bonchev–Trinajstić information content (AvgIpc) is 1.73. The van der Waals surface area contributed by atoms with E-state index >= 15 is 0 Å². The molecule has 4 amide bonds. The summed E-state index contributed by atoms with van der Waals surface area (Å²) in [6.07, 6.45) is 19.5. The third kappa shape index (κ3) is 22.5. The summed E-state index contributed by atoms with van der Waals surface area (Å²) in [5.41, 5.74) is 10.6. The molecule has 654 valence electrons. The van der Waals surface area contributed by atoms with Gasteiger partial charge in [-0.15, -0.1) is 0 Å². The number of carbonyl (C=O) groups excluding carboxylic acids is 3. The Hall–Kier alpha value is -16.6. The van der Waals surface area contributed by atoms with Crippen LogP contribution in [0, 0.1) is 6.92 Å². The predicted molar refractivity (Wildman–Crippen MR) is 500 cm³/mol. The fourth-order valence-electron chi connectivity index (χ4n) is 13.5. The van der Waals surface area contributed by atoms with Crippen LogP contribution in [-0.4, -0.2) is 112 Å². The molecule has 8 aromatic carbocycles. The third-order valence-electron chi connectivity index (χ3n) is 20.5. The van der Waals surface area contributed by atoms with Gasteiger partial charge in [-0.05, 0) is 203 Å². The second-order valence-corrected chi connectivity index (χ2v) is 29.9. The number of carbonyl (C=O) groups is 3. The maximum Gasteiger partial charge on any atom is 0.328 e. The van der Waals surface area contributed by atoms with Crippen LogP contribution in [0.25, 0.3) is 112 Å². The lowest BCUT2D eigenvalue weighted by atomic mass is 10.0. The first-order valence-electron chi connectivity index (χ1n) is 41.9. The molecule has 0 saturated carbocycles. The van der Waals surface area contributed by atoms with Crippen molar-refractivity contribution in [1.82, 2.24) is 78.8 Å². The van der Waals surface area contributed by atoms with Crippen molar-refractivity contribution in [2.24, 2.45) is 14.1 Å². The van der Waals surface area contributed by atoms with E-state index in [1.807, 2.05) is 232 Å². The molecule has 0 aliphatic carbocycles. The van der Waals surface area contributed by atoms with E-state index in [0.29, 0.717) is 76.9 Å². The Kier molecular flexibility index (Phi) is 29.5. The molecule has 0 unspecified atom stereocenters. The number of aryl methyl sites for hydroxylation is 1. The Balaban J connectivity index is 0.000000147. The molecule has 0 atom stereocenters. The maximum absolute atomic E-state index is 12.9. The molecule has 29 heteroatoms. The van der Waals surface area contributed by atoms with E-state index in [1.165, 1.54) is 15.2 Å². The molecule has 0 spiro atoms. The summed E-state index contributed by atoms with van der Waals surface area (Å²) in [5, 5.41) is 23.2. The largest absolute Gasteiger partial charge is 0.494 e. The maximum atomic E-state index is 12.9. The van der Waals surface area contributed by atoms with Crippen molar-refractivity contribution in [3.8, 4) is 90.8 Å². The number of amides is 4. The van der Waals surface area contributed by atoms with Crippen molar-refractivity contribution in [3.63, 3.8) is 0 Å². The van der Waals surface area contributed by atoms with Crippen molar-refractivity contribution in [3.05, 3.63) is 365 Å². The highest BCUT2D eigenvalue weighted by Crippen LogP contribution is 2.32. The quantitative estimate of drug-likeness (QED) is 0.0167. The lowest BCUT2D eigenvalue weighted by molar-refractivity contribution is -0.123. The van der Waals surface area contributed by atoms with E-state index in [4.69, 9.17) is 34.2 Å². The van der Waals surface area contributed by atoms with Gasteiger partial charge in [-0.25, -0.2) is 23.5 Å². The number of aromatic amines is 4. The lowest BCUT2D eigenvalue weighted by Crippen LogP contribution is -2.56. The number of hydrogen-bond donors (Lipinski definition) is 6. The van der Waals surface area contributed by atoms with Crippen LogP contribution in [0.15, 0.2) is 271 Å². The number of nitrogens with one attached hydrogen (secondary N) is 6. The Morgan fingerprint density at radius 1 is 0.341 bits per heavy atom. The Bertz CT molecular complexity index is 6970. The highest BCUT2D eigenvalue weighted by atomic mass is 16.5. The molecule has 29 nitrogen and oxygen atoms in total. The first-order valence-corrected chi connectivity index (χ1v) is 41.9. The van der Waals surface area contributed by atoms with Gasteiger partial charge in [0.1, 0.15) is 60.7 Å². The minimum atomic E-state index is -0.839. The molecule has 1 aliphatic heterocycles. The average molecular weight is 1730 g/mol. The molecule has 0 radical (unpaired) electrons. The molecular weight excluding hydrogens is 1630 g/mol. The number of nitrogens with zero attached hydrogens (tertiary/aromatic N) is 10. The molecule has 7 aromatic heterocycles. The van der Waals surface area contributed by atoms with Gasteiger partial charge in [-0.2, -0.15) is 20.4 Å². The van der Waals surface area contributed by atoms with E-state index in [-0.39, 0.29) is 32.2 Å². The van der Waals surface area contributed by atoms with Crippen LogP contribution in [0.3, 0.4) is 0 Å². The Morgan fingerprint density at radius 2 is 0.620 bits per heavy atom. The fourth-order valence-corrected chi connectivity index (χ4v) is 13.5. The standard InChI is InChI=1S/C27H28N4O3.2C25H24N4O3.C23H20N4O4/c1-5-6-16-34-23-14-12-20(13-15-23)25-21(18-31(28-25)22-10-8-7-9-11-22)17-24-26(32)29(3)19(2)30(4)27(24)33;2*1-3-4-14-32-21-12-10-18(11-13-21)23-19(15-22-24(30)26-17(2)27-25(22)31)16-29(28-23)20-8-6-5-7-9-20;1-3-31-18-10-6-15(7-11-18)20-16(12-19-21(28)24-23(30)25-22(19)29)13-27(26-20)17-8-4-14(2)5-9-17/h7-15,17-18H,2,5-6,16H2,1,3-4H3;2*5-13,15-16H,2-4,14H2,1H3,(H,26,30)(H,27,31);4-13H,3H2,1-2H3,(H2,24,25,28,29,30). The zero-order chi connectivity index (χ0) is 91.2. The number of hydrogen-bond acceptors (Lipinski definition) is 17. The Labute approximate surface area is 739 Å². The van der Waals surface area contributed by atoms with Crippen molar-refractivity contribution in [2.45, 2.75) is 73.1 Å². The van der Waals surface area contributed by atoms with Crippen LogP contribution >= 0.6 is 0 Å². The summed E-state index contributed by atoms with van der Waals surface area (Å²) in [7, 11) is 3.21. The normalized spacial score (nSPS) is 11.5. The van der Waals surface area contributed by atoms with E-state index in [2.05, 4.69) is 76.2 Å².